The first-order valence-electron chi connectivity index (χ1n) is 5.23. The van der Waals surface area contributed by atoms with Crippen molar-refractivity contribution in [1.29, 1.82) is 0 Å². The van der Waals surface area contributed by atoms with Crippen LogP contribution in [-0.2, 0) is 14.6 Å². The third-order valence-corrected chi connectivity index (χ3v) is 4.89. The molecule has 6 heteroatoms. The highest BCUT2D eigenvalue weighted by Gasteiger charge is 2.36. The number of nitrogens with zero attached hydrogens (tertiary/aromatic N) is 1. The molecule has 15 heavy (non-hydrogen) atoms. The highest BCUT2D eigenvalue weighted by atomic mass is 32.2. The molecule has 0 bridgehead atoms. The minimum absolute atomic E-state index is 0.0241. The maximum absolute atomic E-state index is 11.9. The van der Waals surface area contributed by atoms with Crippen LogP contribution < -0.4 is 5.73 Å². The minimum Gasteiger partial charge on any atom is -0.341 e. The van der Waals surface area contributed by atoms with Gasteiger partial charge in [-0.2, -0.15) is 0 Å². The SMILES string of the molecule is N[C@@H]1CCN(C(=O)C2CCS(=O)(=O)C2)C1. The van der Waals surface area contributed by atoms with E-state index >= 15 is 0 Å². The summed E-state index contributed by atoms with van der Waals surface area (Å²) in [6.45, 7) is 1.26. The summed E-state index contributed by atoms with van der Waals surface area (Å²) in [4.78, 5) is 13.6. The van der Waals surface area contributed by atoms with Crippen molar-refractivity contribution in [3.63, 3.8) is 0 Å². The molecule has 0 aromatic rings. The quantitative estimate of drug-likeness (QED) is 0.627. The van der Waals surface area contributed by atoms with Crippen LogP contribution in [-0.4, -0.2) is 49.9 Å². The van der Waals surface area contributed by atoms with Crippen molar-refractivity contribution in [2.75, 3.05) is 24.6 Å². The summed E-state index contributed by atoms with van der Waals surface area (Å²) in [5.74, 6) is -0.162. The number of likely N-dealkylation sites (tertiary alicyclic amines) is 1. The predicted molar refractivity (Wildman–Crippen MR) is 55.9 cm³/mol. The Labute approximate surface area is 89.5 Å². The number of hydrogen-bond donors (Lipinski definition) is 1. The van der Waals surface area contributed by atoms with E-state index in [0.717, 1.165) is 6.42 Å². The third kappa shape index (κ3) is 2.31. The Morgan fingerprint density at radius 1 is 1.33 bits per heavy atom. The number of sulfone groups is 1. The first-order chi connectivity index (χ1) is 6.98. The average Bonchev–Trinajstić information content (AvgIpc) is 2.71. The van der Waals surface area contributed by atoms with Crippen molar-refractivity contribution in [1.82, 2.24) is 4.90 Å². The monoisotopic (exact) mass is 232 g/mol. The zero-order valence-corrected chi connectivity index (χ0v) is 9.37. The molecule has 0 aromatic carbocycles. The summed E-state index contributed by atoms with van der Waals surface area (Å²) in [6.07, 6.45) is 1.30. The Hall–Kier alpha value is -0.620. The Bertz CT molecular complexity index is 366. The summed E-state index contributed by atoms with van der Waals surface area (Å²) >= 11 is 0. The Morgan fingerprint density at radius 2 is 2.07 bits per heavy atom. The van der Waals surface area contributed by atoms with Gasteiger partial charge in [0.1, 0.15) is 0 Å². The molecule has 5 nitrogen and oxygen atoms in total. The van der Waals surface area contributed by atoms with E-state index < -0.39 is 9.84 Å². The highest BCUT2D eigenvalue weighted by Crippen LogP contribution is 2.22. The smallest absolute Gasteiger partial charge is 0.226 e. The van der Waals surface area contributed by atoms with Gasteiger partial charge in [0.05, 0.1) is 17.4 Å². The maximum Gasteiger partial charge on any atom is 0.226 e. The molecule has 1 amide bonds. The first-order valence-corrected chi connectivity index (χ1v) is 7.05. The van der Waals surface area contributed by atoms with Gasteiger partial charge >= 0.3 is 0 Å². The summed E-state index contributed by atoms with van der Waals surface area (Å²) in [5.41, 5.74) is 5.70. The van der Waals surface area contributed by atoms with Crippen LogP contribution in [0.3, 0.4) is 0 Å². The summed E-state index contributed by atoms with van der Waals surface area (Å²) in [7, 11) is -2.96. The molecule has 2 aliphatic heterocycles. The summed E-state index contributed by atoms with van der Waals surface area (Å²) in [6, 6.07) is 0.0620. The van der Waals surface area contributed by atoms with Gasteiger partial charge in [-0.3, -0.25) is 4.79 Å². The topological polar surface area (TPSA) is 80.5 Å². The second-order valence-electron chi connectivity index (χ2n) is 4.43. The van der Waals surface area contributed by atoms with E-state index in [9.17, 15) is 13.2 Å². The van der Waals surface area contributed by atoms with Crippen LogP contribution >= 0.6 is 0 Å². The number of carbonyl (C=O) groups is 1. The van der Waals surface area contributed by atoms with E-state index in [-0.39, 0.29) is 29.4 Å². The van der Waals surface area contributed by atoms with Crippen LogP contribution in [0.25, 0.3) is 0 Å². The van der Waals surface area contributed by atoms with Crippen LogP contribution in [0.4, 0.5) is 0 Å². The van der Waals surface area contributed by atoms with Crippen LogP contribution in [0.15, 0.2) is 0 Å². The number of rotatable bonds is 1. The molecule has 86 valence electrons. The minimum atomic E-state index is -2.96. The largest absolute Gasteiger partial charge is 0.341 e. The second-order valence-corrected chi connectivity index (χ2v) is 6.66. The number of amides is 1. The summed E-state index contributed by atoms with van der Waals surface area (Å²) < 4.78 is 22.5. The Morgan fingerprint density at radius 3 is 2.53 bits per heavy atom. The lowest BCUT2D eigenvalue weighted by atomic mass is 10.1. The number of carbonyl (C=O) groups excluding carboxylic acids is 1. The standard InChI is InChI=1S/C9H16N2O3S/c10-8-1-3-11(5-8)9(12)7-2-4-15(13,14)6-7/h7-8H,1-6,10H2/t7?,8-/m1/s1. The van der Waals surface area contributed by atoms with E-state index in [0.29, 0.717) is 19.5 Å². The van der Waals surface area contributed by atoms with Crippen molar-refractivity contribution in [3.8, 4) is 0 Å². The van der Waals surface area contributed by atoms with E-state index in [4.69, 9.17) is 5.73 Å². The van der Waals surface area contributed by atoms with Crippen LogP contribution in [0.5, 0.6) is 0 Å². The lowest BCUT2D eigenvalue weighted by Gasteiger charge is -2.19. The normalized spacial score (nSPS) is 34.6. The van der Waals surface area contributed by atoms with Gasteiger partial charge in [0, 0.05) is 19.1 Å². The molecule has 0 aliphatic carbocycles. The molecule has 2 fully saturated rings. The van der Waals surface area contributed by atoms with Crippen molar-refractivity contribution < 1.29 is 13.2 Å². The lowest BCUT2D eigenvalue weighted by Crippen LogP contribution is -2.36. The Kier molecular flexibility index (Phi) is 2.72. The molecule has 0 radical (unpaired) electrons. The molecule has 0 saturated carbocycles. The fraction of sp³-hybridized carbons (Fsp3) is 0.889. The average molecular weight is 232 g/mol. The maximum atomic E-state index is 11.9. The molecular weight excluding hydrogens is 216 g/mol. The molecule has 2 rings (SSSR count). The number of nitrogens with two attached hydrogens (primary N) is 1. The van der Waals surface area contributed by atoms with Crippen molar-refractivity contribution in [3.05, 3.63) is 0 Å². The first kappa shape index (κ1) is 10.9. The van der Waals surface area contributed by atoms with Crippen molar-refractivity contribution in [2.45, 2.75) is 18.9 Å². The molecule has 2 saturated heterocycles. The van der Waals surface area contributed by atoms with E-state index in [1.54, 1.807) is 4.90 Å². The second kappa shape index (κ2) is 3.75. The fourth-order valence-electron chi connectivity index (χ4n) is 2.24. The van der Waals surface area contributed by atoms with Gasteiger partial charge in [-0.1, -0.05) is 0 Å². The molecule has 2 aliphatic rings. The molecule has 0 spiro atoms. The van der Waals surface area contributed by atoms with Gasteiger partial charge in [-0.05, 0) is 12.8 Å². The van der Waals surface area contributed by atoms with Gasteiger partial charge in [0.15, 0.2) is 9.84 Å². The third-order valence-electron chi connectivity index (χ3n) is 3.12. The molecule has 0 aromatic heterocycles. The molecule has 1 unspecified atom stereocenters. The van der Waals surface area contributed by atoms with Crippen LogP contribution in [0, 0.1) is 5.92 Å². The summed E-state index contributed by atoms with van der Waals surface area (Å²) in [5, 5.41) is 0. The van der Waals surface area contributed by atoms with Gasteiger partial charge in [-0.15, -0.1) is 0 Å². The molecular formula is C9H16N2O3S. The molecule has 2 N–H and O–H groups in total. The van der Waals surface area contributed by atoms with Crippen LogP contribution in [0.2, 0.25) is 0 Å². The van der Waals surface area contributed by atoms with Crippen molar-refractivity contribution in [2.24, 2.45) is 11.7 Å². The van der Waals surface area contributed by atoms with E-state index in [1.165, 1.54) is 0 Å². The van der Waals surface area contributed by atoms with Gasteiger partial charge < -0.3 is 10.6 Å². The molecule has 2 heterocycles. The predicted octanol–water partition coefficient (Wildman–Crippen LogP) is -1.02. The van der Waals surface area contributed by atoms with Crippen LogP contribution in [0.1, 0.15) is 12.8 Å². The fourth-order valence-corrected chi connectivity index (χ4v) is 3.97. The highest BCUT2D eigenvalue weighted by molar-refractivity contribution is 7.91. The zero-order valence-electron chi connectivity index (χ0n) is 8.55. The Balaban J connectivity index is 1.98. The lowest BCUT2D eigenvalue weighted by molar-refractivity contribution is -0.133. The van der Waals surface area contributed by atoms with Gasteiger partial charge in [0.25, 0.3) is 0 Å². The zero-order chi connectivity index (χ0) is 11.1. The number of hydrogen-bond acceptors (Lipinski definition) is 4. The van der Waals surface area contributed by atoms with E-state index in [1.807, 2.05) is 0 Å². The van der Waals surface area contributed by atoms with E-state index in [2.05, 4.69) is 0 Å². The van der Waals surface area contributed by atoms with Gasteiger partial charge in [0.2, 0.25) is 5.91 Å². The molecule has 2 atom stereocenters. The van der Waals surface area contributed by atoms with Crippen molar-refractivity contribution >= 4 is 15.7 Å². The van der Waals surface area contributed by atoms with Gasteiger partial charge in [-0.25, -0.2) is 8.42 Å².